The lowest BCUT2D eigenvalue weighted by atomic mass is 10.0. The fraction of sp³-hybridized carbons (Fsp3) is 0.450. The number of nitrogens with zero attached hydrogens (tertiary/aromatic N) is 4. The number of esters is 1. The average molecular weight is 1160 g/mol. The lowest BCUT2D eigenvalue weighted by molar-refractivity contribution is -0.386. The molecule has 34 heteroatoms. The average Bonchev–Trinajstić information content (AvgIpc) is 3.76. The van der Waals surface area contributed by atoms with Gasteiger partial charge in [0.2, 0.25) is 5.91 Å². The third-order valence-electron chi connectivity index (χ3n) is 10.3. The number of nitro benzene ring substituents is 2. The Morgan fingerprint density at radius 3 is 2.12 bits per heavy atom. The number of carbonyl (C=O) groups is 3. The van der Waals surface area contributed by atoms with Crippen molar-refractivity contribution in [2.24, 2.45) is 10.7 Å². The van der Waals surface area contributed by atoms with E-state index in [4.69, 9.17) is 64.5 Å². The molecule has 2 aromatic rings. The number of nitro groups is 2. The first-order valence-corrected chi connectivity index (χ1v) is 27.5. The highest BCUT2D eigenvalue weighted by Crippen LogP contribution is 2.66. The van der Waals surface area contributed by atoms with E-state index in [0.29, 0.717) is 55.5 Å². The van der Waals surface area contributed by atoms with Gasteiger partial charge in [0.15, 0.2) is 0 Å². The van der Waals surface area contributed by atoms with Gasteiger partial charge >= 0.3 is 35.5 Å². The first kappa shape index (κ1) is 61.7. The molecule has 0 saturated carbocycles. The van der Waals surface area contributed by atoms with Gasteiger partial charge in [-0.1, -0.05) is 72.1 Å². The highest BCUT2D eigenvalue weighted by molar-refractivity contribution is 7.66. The maximum atomic E-state index is 12.8. The summed E-state index contributed by atoms with van der Waals surface area (Å²) in [6, 6.07) is 8.54. The zero-order chi connectivity index (χ0) is 55.2. The molecule has 4 rings (SSSR count). The van der Waals surface area contributed by atoms with Crippen molar-refractivity contribution in [3.05, 3.63) is 115 Å². The van der Waals surface area contributed by atoms with Crippen LogP contribution in [-0.2, 0) is 63.7 Å². The van der Waals surface area contributed by atoms with E-state index in [0.717, 1.165) is 0 Å². The van der Waals surface area contributed by atoms with Gasteiger partial charge in [-0.2, -0.15) is 8.62 Å². The van der Waals surface area contributed by atoms with Crippen LogP contribution in [0.2, 0.25) is 0 Å². The number of phosphoric ester groups is 1. The Labute approximate surface area is 436 Å². The zero-order valence-electron chi connectivity index (χ0n) is 39.2. The van der Waals surface area contributed by atoms with Crippen LogP contribution in [0.1, 0.15) is 86.8 Å². The quantitative estimate of drug-likeness (QED) is 0.0116. The maximum Gasteiger partial charge on any atom is 0.490 e. The third-order valence-corrected chi connectivity index (χ3v) is 14.6. The predicted molar refractivity (Wildman–Crippen MR) is 263 cm³/mol. The Morgan fingerprint density at radius 2 is 1.53 bits per heavy atom. The summed E-state index contributed by atoms with van der Waals surface area (Å²) in [7, 11) is -16.6. The summed E-state index contributed by atoms with van der Waals surface area (Å²) in [4.78, 5) is 102. The molecule has 0 spiro atoms. The molecule has 9 N–H and O–H groups in total. The summed E-state index contributed by atoms with van der Waals surface area (Å²) in [5.41, 5.74) is 7.21. The number of unbranched alkanes of at least 4 members (excludes halogenated alkanes) is 2. The van der Waals surface area contributed by atoms with Gasteiger partial charge < -0.3 is 60.4 Å². The predicted octanol–water partition coefficient (Wildman–Crippen LogP) is 6.66. The van der Waals surface area contributed by atoms with Crippen molar-refractivity contribution < 1.29 is 84.9 Å². The van der Waals surface area contributed by atoms with Crippen molar-refractivity contribution in [2.75, 3.05) is 19.7 Å². The number of rotatable bonds is 27. The monoisotopic (exact) mass is 1160 g/mol. The number of hydrogen-bond donors (Lipinski definition) is 8. The second kappa shape index (κ2) is 27.3. The molecule has 6 atom stereocenters. The molecule has 2 aliphatic rings. The van der Waals surface area contributed by atoms with Gasteiger partial charge in [-0.3, -0.25) is 29.5 Å². The molecular weight excluding hydrogens is 1110 g/mol. The molecule has 0 aromatic heterocycles. The van der Waals surface area contributed by atoms with Gasteiger partial charge in [0.05, 0.1) is 33.7 Å². The normalized spacial score (nSPS) is 18.6. The van der Waals surface area contributed by atoms with Crippen LogP contribution in [-0.4, -0.2) is 93.9 Å². The summed E-state index contributed by atoms with van der Waals surface area (Å²) in [6.45, 7) is 6.87. The van der Waals surface area contributed by atoms with E-state index in [2.05, 4.69) is 40.7 Å². The van der Waals surface area contributed by atoms with Crippen LogP contribution in [0.4, 0.5) is 16.2 Å². The Bertz CT molecular complexity index is 2670. The summed E-state index contributed by atoms with van der Waals surface area (Å²) < 4.78 is 60.6. The van der Waals surface area contributed by atoms with Crippen LogP contribution >= 0.6 is 58.3 Å². The molecule has 1 saturated heterocycles. The smallest absolute Gasteiger partial charge is 0.454 e. The minimum Gasteiger partial charge on any atom is -0.454 e. The van der Waals surface area contributed by atoms with Gasteiger partial charge in [0.1, 0.15) is 30.1 Å². The molecule has 1 fully saturated rings. The van der Waals surface area contributed by atoms with Crippen molar-refractivity contribution in [2.45, 2.75) is 93.8 Å². The third kappa shape index (κ3) is 20.3. The first-order chi connectivity index (χ1) is 34.4. The van der Waals surface area contributed by atoms with Crippen LogP contribution in [0.15, 0.2) is 77.7 Å². The summed E-state index contributed by atoms with van der Waals surface area (Å²) >= 11 is 16.7. The number of hydrogen-bond acceptors (Lipinski definition) is 20. The highest BCUT2D eigenvalue weighted by atomic mass is 35.6. The van der Waals surface area contributed by atoms with Crippen LogP contribution in [0.5, 0.6) is 0 Å². The number of amides is 2. The van der Waals surface area contributed by atoms with E-state index in [1.54, 1.807) is 6.07 Å². The van der Waals surface area contributed by atoms with E-state index in [-0.39, 0.29) is 66.0 Å². The Kier molecular flexibility index (Phi) is 22.7. The van der Waals surface area contributed by atoms with Crippen LogP contribution < -0.4 is 21.7 Å². The van der Waals surface area contributed by atoms with Crippen LogP contribution in [0, 0.1) is 20.2 Å². The first-order valence-electron chi connectivity index (χ1n) is 21.8. The number of alkyl carbamates (subject to hydrolysis) is 1. The molecule has 6 unspecified atom stereocenters. The van der Waals surface area contributed by atoms with Crippen molar-refractivity contribution in [3.8, 4) is 0 Å². The van der Waals surface area contributed by atoms with E-state index in [1.165, 1.54) is 67.4 Å². The molecule has 2 amide bonds. The molecule has 0 aliphatic carbocycles. The molecule has 0 radical (unpaired) electrons. The summed E-state index contributed by atoms with van der Waals surface area (Å²) in [5, 5.41) is 32.0. The molecule has 408 valence electrons. The van der Waals surface area contributed by atoms with Crippen molar-refractivity contribution in [3.63, 3.8) is 0 Å². The Balaban J connectivity index is 1.19. The second-order valence-electron chi connectivity index (χ2n) is 16.0. The number of carbonyl (C=O) groups excluding carboxylic acids is 3. The largest absolute Gasteiger partial charge is 0.490 e. The van der Waals surface area contributed by atoms with Crippen LogP contribution in [0.3, 0.4) is 0 Å². The molecule has 0 bridgehead atoms. The van der Waals surface area contributed by atoms with Crippen molar-refractivity contribution >= 4 is 93.5 Å². The molecule has 2 aliphatic heterocycles. The Hall–Kier alpha value is -4.86. The molecule has 74 heavy (non-hydrogen) atoms. The number of nitrogens with two attached hydrogens (primary N) is 1. The van der Waals surface area contributed by atoms with Crippen LogP contribution in [0.25, 0.3) is 0 Å². The van der Waals surface area contributed by atoms with Gasteiger partial charge in [-0.25, -0.2) is 28.3 Å². The zero-order valence-corrected chi connectivity index (χ0v) is 44.1. The number of phosphoric acid groups is 3. The number of alkyl halides is 3. The van der Waals surface area contributed by atoms with Gasteiger partial charge in [0.25, 0.3) is 15.2 Å². The minimum absolute atomic E-state index is 0.0320. The molecular formula is C40H52Cl3N8O20P3. The van der Waals surface area contributed by atoms with E-state index in [1.807, 2.05) is 0 Å². The fourth-order valence-corrected chi connectivity index (χ4v) is 10.1. The number of amidine groups is 1. The standard InChI is InChI=1S/C40H52Cl3N8O20P3/c1-24(67-38(53)40(41,42)43)31-18-27(10-13-33(31)50(55)56)20-45-16-6-4-5-9-35(52)47-21-28-11-14-34(51(57)58)32(19-28)25(2)68-39(54)46-17-7-8-29-22-49(26(3)48-37(29)44)36-15-12-30(69-36)23-66-73(62,63)71-74(64,65)70-72(59,60)61/h7-8,10-11,13-14,18-19,22,24-25,30,36,45H,3-6,9,12,15-17,20-21,23H2,1-2H3,(H2,44,48)(H,46,54)(H,47,52)(H,62,63)(H,64,65)(H2,59,60,61)/b8-7+. The molecule has 2 heterocycles. The van der Waals surface area contributed by atoms with Crippen molar-refractivity contribution in [1.82, 2.24) is 20.9 Å². The number of halogens is 3. The molecule has 28 nitrogen and oxygen atoms in total. The lowest BCUT2D eigenvalue weighted by Gasteiger charge is -2.30. The number of ether oxygens (including phenoxy) is 3. The number of benzene rings is 2. The topological polar surface area (TPSA) is 403 Å². The summed E-state index contributed by atoms with van der Waals surface area (Å²) in [5.74, 6) is -1.24. The minimum atomic E-state index is -5.70. The van der Waals surface area contributed by atoms with Gasteiger partial charge in [-0.05, 0) is 69.3 Å². The van der Waals surface area contributed by atoms with E-state index < -0.39 is 80.3 Å². The highest BCUT2D eigenvalue weighted by Gasteiger charge is 2.42. The number of nitrogens with one attached hydrogen (secondary N) is 3. The van der Waals surface area contributed by atoms with E-state index in [9.17, 15) is 58.1 Å². The lowest BCUT2D eigenvalue weighted by Crippen LogP contribution is -2.35. The summed E-state index contributed by atoms with van der Waals surface area (Å²) in [6.07, 6.45) is 2.45. The van der Waals surface area contributed by atoms with Gasteiger partial charge in [-0.15, -0.1) is 0 Å². The number of aliphatic imine (C=N–C) groups is 1. The SMILES string of the molecule is C=C1N=C(N)C(/C=C/CNC(=O)OC(C)c2cc(CNC(=O)CCCCCNCc3ccc([N+](=O)[O-])c(C(C)OC(=O)C(Cl)(Cl)Cl)c3)ccc2[N+](=O)[O-])=CN1C1CCC(COP(=O)(O)OP(=O)(O)OP(=O)(O)O)O1. The molecule has 2 aromatic carbocycles. The van der Waals surface area contributed by atoms with E-state index >= 15 is 0 Å². The van der Waals surface area contributed by atoms with Gasteiger partial charge in [0, 0.05) is 50.0 Å². The second-order valence-corrected chi connectivity index (χ2v) is 22.7. The fourth-order valence-electron chi connectivity index (χ4n) is 6.95. The maximum absolute atomic E-state index is 12.8. The Morgan fingerprint density at radius 1 is 0.919 bits per heavy atom. The van der Waals surface area contributed by atoms with Crippen molar-refractivity contribution in [1.29, 1.82) is 0 Å².